The summed E-state index contributed by atoms with van der Waals surface area (Å²) in [4.78, 5) is 16.4. The molecule has 1 aromatic carbocycles. The minimum Gasteiger partial charge on any atom is -0.478 e. The molecule has 0 spiro atoms. The molecule has 0 unspecified atom stereocenters. The molecule has 0 saturated carbocycles. The fourth-order valence-corrected chi connectivity index (χ4v) is 2.88. The van der Waals surface area contributed by atoms with Crippen LogP contribution in [-0.4, -0.2) is 16.1 Å². The Labute approximate surface area is 123 Å². The van der Waals surface area contributed by atoms with Gasteiger partial charge in [-0.2, -0.15) is 0 Å². The second-order valence-electron chi connectivity index (χ2n) is 3.93. The lowest BCUT2D eigenvalue weighted by Gasteiger charge is -2.07. The molecule has 0 radical (unpaired) electrons. The van der Waals surface area contributed by atoms with Crippen LogP contribution in [0.15, 0.2) is 28.9 Å². The molecule has 0 aliphatic heterocycles. The Kier molecular flexibility index (Phi) is 4.55. The van der Waals surface area contributed by atoms with Crippen molar-refractivity contribution in [2.45, 2.75) is 19.9 Å². The molecule has 0 fully saturated rings. The number of carboxylic acid groups (broad SMARTS) is 1. The summed E-state index contributed by atoms with van der Waals surface area (Å²) in [5.74, 6) is -0.931. The first kappa shape index (κ1) is 14.0. The van der Waals surface area contributed by atoms with E-state index in [2.05, 4.69) is 33.2 Å². The average molecular weight is 341 g/mol. The van der Waals surface area contributed by atoms with E-state index in [1.807, 2.05) is 6.20 Å². The molecule has 4 nitrogen and oxygen atoms in total. The van der Waals surface area contributed by atoms with Crippen molar-refractivity contribution in [1.29, 1.82) is 0 Å². The van der Waals surface area contributed by atoms with E-state index in [1.54, 1.807) is 29.5 Å². The molecule has 1 aromatic heterocycles. The molecule has 0 saturated heterocycles. The molecule has 1 heterocycles. The second kappa shape index (κ2) is 6.16. The van der Waals surface area contributed by atoms with Gasteiger partial charge in [0.25, 0.3) is 0 Å². The van der Waals surface area contributed by atoms with Crippen LogP contribution in [0, 0.1) is 0 Å². The molecular formula is C13H13BrN2O2S. The number of aromatic carboxylic acids is 1. The predicted octanol–water partition coefficient (Wildman–Crippen LogP) is 3.78. The fraction of sp³-hybridized carbons (Fsp3) is 0.231. The zero-order chi connectivity index (χ0) is 13.8. The van der Waals surface area contributed by atoms with Crippen molar-refractivity contribution in [1.82, 2.24) is 4.98 Å². The number of benzene rings is 1. The number of anilines is 1. The van der Waals surface area contributed by atoms with Gasteiger partial charge in [0.1, 0.15) is 5.01 Å². The average Bonchev–Trinajstić information content (AvgIpc) is 2.85. The van der Waals surface area contributed by atoms with Crippen molar-refractivity contribution in [2.75, 3.05) is 5.32 Å². The lowest BCUT2D eigenvalue weighted by atomic mass is 10.2. The number of hydrogen-bond donors (Lipinski definition) is 2. The Balaban J connectivity index is 2.05. The number of aromatic nitrogens is 1. The van der Waals surface area contributed by atoms with Gasteiger partial charge >= 0.3 is 5.97 Å². The molecule has 0 amide bonds. The number of nitrogens with zero attached hydrogens (tertiary/aromatic N) is 1. The third-order valence-corrected chi connectivity index (χ3v) is 4.39. The number of rotatable bonds is 5. The fourth-order valence-electron chi connectivity index (χ4n) is 1.56. The first-order valence-electron chi connectivity index (χ1n) is 5.80. The maximum Gasteiger partial charge on any atom is 0.335 e. The van der Waals surface area contributed by atoms with Gasteiger partial charge in [-0.25, -0.2) is 9.78 Å². The van der Waals surface area contributed by atoms with E-state index in [4.69, 9.17) is 5.11 Å². The molecule has 0 aliphatic rings. The minimum atomic E-state index is -0.931. The summed E-state index contributed by atoms with van der Waals surface area (Å²) in [6, 6.07) is 4.92. The van der Waals surface area contributed by atoms with Crippen LogP contribution < -0.4 is 5.32 Å². The van der Waals surface area contributed by atoms with Crippen molar-refractivity contribution in [2.24, 2.45) is 0 Å². The number of carboxylic acids is 1. The van der Waals surface area contributed by atoms with Gasteiger partial charge in [-0.1, -0.05) is 6.92 Å². The number of carbonyl (C=O) groups is 1. The van der Waals surface area contributed by atoms with Gasteiger partial charge in [0, 0.05) is 21.2 Å². The zero-order valence-corrected chi connectivity index (χ0v) is 12.7. The Morgan fingerprint density at radius 2 is 2.32 bits per heavy atom. The summed E-state index contributed by atoms with van der Waals surface area (Å²) in [5.41, 5.74) is 1.12. The van der Waals surface area contributed by atoms with Crippen molar-refractivity contribution in [3.8, 4) is 0 Å². The highest BCUT2D eigenvalue weighted by atomic mass is 79.9. The molecule has 0 bridgehead atoms. The van der Waals surface area contributed by atoms with E-state index in [-0.39, 0.29) is 5.56 Å². The van der Waals surface area contributed by atoms with Crippen molar-refractivity contribution in [3.63, 3.8) is 0 Å². The smallest absolute Gasteiger partial charge is 0.335 e. The maximum atomic E-state index is 10.8. The molecule has 0 aliphatic carbocycles. The second-order valence-corrected chi connectivity index (χ2v) is 5.98. The van der Waals surface area contributed by atoms with Crippen molar-refractivity contribution in [3.05, 3.63) is 44.3 Å². The maximum absolute atomic E-state index is 10.8. The Hall–Kier alpha value is -1.40. The van der Waals surface area contributed by atoms with Crippen LogP contribution >= 0.6 is 27.3 Å². The molecule has 2 aromatic rings. The first-order chi connectivity index (χ1) is 9.10. The standard InChI is InChI=1S/C13H13BrN2O2S/c1-2-9-6-16-12(19-9)7-15-11-4-3-8(13(17)18)5-10(11)14/h3-6,15H,2,7H2,1H3,(H,17,18). The zero-order valence-electron chi connectivity index (χ0n) is 10.3. The van der Waals surface area contributed by atoms with Crippen LogP contribution in [0.3, 0.4) is 0 Å². The Morgan fingerprint density at radius 3 is 2.89 bits per heavy atom. The molecule has 100 valence electrons. The number of thiazole rings is 1. The Bertz CT molecular complexity index is 598. The number of aryl methyl sites for hydroxylation is 1. The highest BCUT2D eigenvalue weighted by Crippen LogP contribution is 2.25. The van der Waals surface area contributed by atoms with E-state index in [0.29, 0.717) is 6.54 Å². The highest BCUT2D eigenvalue weighted by molar-refractivity contribution is 9.10. The molecule has 6 heteroatoms. The van der Waals surface area contributed by atoms with E-state index in [0.717, 1.165) is 21.6 Å². The van der Waals surface area contributed by atoms with Gasteiger partial charge in [0.2, 0.25) is 0 Å². The van der Waals surface area contributed by atoms with Crippen LogP contribution in [0.4, 0.5) is 5.69 Å². The normalized spacial score (nSPS) is 10.4. The van der Waals surface area contributed by atoms with E-state index < -0.39 is 5.97 Å². The van der Waals surface area contributed by atoms with Gasteiger partial charge < -0.3 is 10.4 Å². The minimum absolute atomic E-state index is 0.264. The van der Waals surface area contributed by atoms with Crippen LogP contribution in [-0.2, 0) is 13.0 Å². The van der Waals surface area contributed by atoms with E-state index in [1.165, 1.54) is 4.88 Å². The molecule has 2 N–H and O–H groups in total. The molecule has 0 atom stereocenters. The summed E-state index contributed by atoms with van der Waals surface area (Å²) in [6.45, 7) is 2.74. The highest BCUT2D eigenvalue weighted by Gasteiger charge is 2.07. The van der Waals surface area contributed by atoms with Gasteiger partial charge in [-0.3, -0.25) is 0 Å². The Morgan fingerprint density at radius 1 is 1.53 bits per heavy atom. The van der Waals surface area contributed by atoms with Gasteiger partial charge in [-0.15, -0.1) is 11.3 Å². The van der Waals surface area contributed by atoms with Crippen LogP contribution in [0.5, 0.6) is 0 Å². The number of hydrogen-bond acceptors (Lipinski definition) is 4. The van der Waals surface area contributed by atoms with Crippen molar-refractivity contribution < 1.29 is 9.90 Å². The quantitative estimate of drug-likeness (QED) is 0.869. The lowest BCUT2D eigenvalue weighted by Crippen LogP contribution is -2.01. The topological polar surface area (TPSA) is 62.2 Å². The summed E-state index contributed by atoms with van der Waals surface area (Å²) < 4.78 is 0.736. The summed E-state index contributed by atoms with van der Waals surface area (Å²) in [7, 11) is 0. The lowest BCUT2D eigenvalue weighted by molar-refractivity contribution is 0.0697. The summed E-state index contributed by atoms with van der Waals surface area (Å²) >= 11 is 5.05. The SMILES string of the molecule is CCc1cnc(CNc2ccc(C(=O)O)cc2Br)s1. The third kappa shape index (κ3) is 3.54. The number of nitrogens with one attached hydrogen (secondary N) is 1. The summed E-state index contributed by atoms with van der Waals surface area (Å²) in [5, 5.41) is 13.1. The van der Waals surface area contributed by atoms with Crippen molar-refractivity contribution >= 4 is 38.9 Å². The number of halogens is 1. The molecule has 2 rings (SSSR count). The monoisotopic (exact) mass is 340 g/mol. The van der Waals surface area contributed by atoms with Crippen LogP contribution in [0.25, 0.3) is 0 Å². The third-order valence-electron chi connectivity index (χ3n) is 2.60. The van der Waals surface area contributed by atoms with E-state index in [9.17, 15) is 4.79 Å². The van der Waals surface area contributed by atoms with Crippen LogP contribution in [0.1, 0.15) is 27.2 Å². The largest absolute Gasteiger partial charge is 0.478 e. The van der Waals surface area contributed by atoms with Gasteiger partial charge in [0.05, 0.1) is 12.1 Å². The van der Waals surface area contributed by atoms with Gasteiger partial charge in [0.15, 0.2) is 0 Å². The molecule has 19 heavy (non-hydrogen) atoms. The molecular weight excluding hydrogens is 328 g/mol. The predicted molar refractivity (Wildman–Crippen MR) is 79.9 cm³/mol. The van der Waals surface area contributed by atoms with E-state index >= 15 is 0 Å². The summed E-state index contributed by atoms with van der Waals surface area (Å²) in [6.07, 6.45) is 2.89. The van der Waals surface area contributed by atoms with Crippen LogP contribution in [0.2, 0.25) is 0 Å². The first-order valence-corrected chi connectivity index (χ1v) is 7.41. The van der Waals surface area contributed by atoms with Gasteiger partial charge in [-0.05, 0) is 40.5 Å².